The number of carbonyl (C=O) groups excluding carboxylic acids is 1. The van der Waals surface area contributed by atoms with Crippen molar-refractivity contribution in [3.63, 3.8) is 0 Å². The molecule has 0 aliphatic heterocycles. The van der Waals surface area contributed by atoms with Gasteiger partial charge in [0.2, 0.25) is 0 Å². The van der Waals surface area contributed by atoms with Crippen LogP contribution >= 0.6 is 0 Å². The third kappa shape index (κ3) is 5.91. The molecule has 0 aromatic rings. The molecule has 0 bridgehead atoms. The van der Waals surface area contributed by atoms with Crippen LogP contribution in [0.2, 0.25) is 0 Å². The van der Waals surface area contributed by atoms with E-state index in [-0.39, 0.29) is 12.1 Å². The fourth-order valence-corrected chi connectivity index (χ4v) is 2.08. The molecular formula is C13H25NO3. The lowest BCUT2D eigenvalue weighted by molar-refractivity contribution is 0.0240. The Kier molecular flexibility index (Phi) is 5.25. The molecule has 100 valence electrons. The molecule has 1 fully saturated rings. The van der Waals surface area contributed by atoms with Crippen molar-refractivity contribution in [2.75, 3.05) is 6.61 Å². The molecule has 1 N–H and O–H groups in total. The van der Waals surface area contributed by atoms with E-state index in [1.165, 1.54) is 0 Å². The molecule has 1 amide bonds. The van der Waals surface area contributed by atoms with E-state index in [1.807, 2.05) is 27.7 Å². The van der Waals surface area contributed by atoms with Crippen molar-refractivity contribution in [1.29, 1.82) is 0 Å². The number of hydrogen-bond donors (Lipinski definition) is 1. The molecule has 0 aromatic heterocycles. The molecule has 0 spiro atoms. The normalized spacial score (nSPS) is 25.4. The number of rotatable bonds is 3. The van der Waals surface area contributed by atoms with Gasteiger partial charge >= 0.3 is 6.09 Å². The summed E-state index contributed by atoms with van der Waals surface area (Å²) >= 11 is 0. The van der Waals surface area contributed by atoms with Crippen LogP contribution in [0.1, 0.15) is 53.4 Å². The number of hydrogen-bond acceptors (Lipinski definition) is 3. The highest BCUT2D eigenvalue weighted by atomic mass is 16.6. The zero-order chi connectivity index (χ0) is 12.9. The Hall–Kier alpha value is -0.770. The van der Waals surface area contributed by atoms with Crippen molar-refractivity contribution in [3.05, 3.63) is 0 Å². The fraction of sp³-hybridized carbons (Fsp3) is 0.923. The molecule has 1 aliphatic rings. The average Bonchev–Trinajstić information content (AvgIpc) is 2.18. The smallest absolute Gasteiger partial charge is 0.407 e. The summed E-state index contributed by atoms with van der Waals surface area (Å²) in [6.07, 6.45) is 4.06. The molecule has 0 heterocycles. The molecular weight excluding hydrogens is 218 g/mol. The summed E-state index contributed by atoms with van der Waals surface area (Å²) in [5.41, 5.74) is -0.424. The molecule has 0 unspecified atom stereocenters. The van der Waals surface area contributed by atoms with E-state index in [2.05, 4.69) is 5.32 Å². The van der Waals surface area contributed by atoms with Gasteiger partial charge in [-0.3, -0.25) is 0 Å². The molecule has 0 saturated heterocycles. The van der Waals surface area contributed by atoms with Crippen molar-refractivity contribution in [2.24, 2.45) is 0 Å². The molecule has 1 aliphatic carbocycles. The molecule has 17 heavy (non-hydrogen) atoms. The summed E-state index contributed by atoms with van der Waals surface area (Å²) in [4.78, 5) is 11.6. The first kappa shape index (κ1) is 14.3. The van der Waals surface area contributed by atoms with Gasteiger partial charge in [0.25, 0.3) is 0 Å². The largest absolute Gasteiger partial charge is 0.444 e. The molecule has 0 radical (unpaired) electrons. The van der Waals surface area contributed by atoms with E-state index < -0.39 is 5.60 Å². The first-order valence-corrected chi connectivity index (χ1v) is 6.52. The monoisotopic (exact) mass is 243 g/mol. The fourth-order valence-electron chi connectivity index (χ4n) is 2.08. The minimum Gasteiger partial charge on any atom is -0.444 e. The highest BCUT2D eigenvalue weighted by Gasteiger charge is 2.24. The maximum Gasteiger partial charge on any atom is 0.407 e. The lowest BCUT2D eigenvalue weighted by atomic mass is 9.93. The SMILES string of the molecule is CCO[C@H]1CC[C@H](NC(=O)OC(C)(C)C)CC1. The number of alkyl carbamates (subject to hydrolysis) is 1. The molecule has 0 aromatic carbocycles. The van der Waals surface area contributed by atoms with E-state index in [9.17, 15) is 4.79 Å². The highest BCUT2D eigenvalue weighted by Crippen LogP contribution is 2.21. The van der Waals surface area contributed by atoms with E-state index in [0.717, 1.165) is 32.3 Å². The van der Waals surface area contributed by atoms with Crippen LogP contribution in [-0.4, -0.2) is 30.4 Å². The summed E-state index contributed by atoms with van der Waals surface area (Å²) in [5.74, 6) is 0. The molecule has 1 rings (SSSR count). The minimum absolute atomic E-state index is 0.238. The lowest BCUT2D eigenvalue weighted by Gasteiger charge is -2.29. The van der Waals surface area contributed by atoms with Crippen molar-refractivity contribution >= 4 is 6.09 Å². The molecule has 4 heteroatoms. The Balaban J connectivity index is 2.24. The second-order valence-electron chi connectivity index (χ2n) is 5.58. The van der Waals surface area contributed by atoms with Crippen molar-refractivity contribution in [2.45, 2.75) is 71.1 Å². The van der Waals surface area contributed by atoms with Crippen LogP contribution in [0.15, 0.2) is 0 Å². The average molecular weight is 243 g/mol. The molecule has 4 nitrogen and oxygen atoms in total. The maximum absolute atomic E-state index is 11.6. The standard InChI is InChI=1S/C13H25NO3/c1-5-16-11-8-6-10(7-9-11)14-12(15)17-13(2,3)4/h10-11H,5-9H2,1-4H3,(H,14,15)/t10-,11-. The van der Waals surface area contributed by atoms with Crippen molar-refractivity contribution in [1.82, 2.24) is 5.32 Å². The summed E-state index contributed by atoms with van der Waals surface area (Å²) in [5, 5.41) is 2.92. The van der Waals surface area contributed by atoms with Gasteiger partial charge in [0.15, 0.2) is 0 Å². The Morgan fingerprint density at radius 3 is 2.29 bits per heavy atom. The van der Waals surface area contributed by atoms with E-state index in [4.69, 9.17) is 9.47 Å². The van der Waals surface area contributed by atoms with Crippen LogP contribution in [0.5, 0.6) is 0 Å². The van der Waals surface area contributed by atoms with Crippen molar-refractivity contribution < 1.29 is 14.3 Å². The minimum atomic E-state index is -0.424. The number of amides is 1. The van der Waals surface area contributed by atoms with E-state index in [1.54, 1.807) is 0 Å². The van der Waals surface area contributed by atoms with Gasteiger partial charge in [-0.15, -0.1) is 0 Å². The third-order valence-corrected chi connectivity index (χ3v) is 2.80. The maximum atomic E-state index is 11.6. The van der Waals surface area contributed by atoms with Gasteiger partial charge in [0.05, 0.1) is 6.10 Å². The summed E-state index contributed by atoms with van der Waals surface area (Å²) in [7, 11) is 0. The number of ether oxygens (including phenoxy) is 2. The van der Waals surface area contributed by atoms with Gasteiger partial charge in [-0.2, -0.15) is 0 Å². The second kappa shape index (κ2) is 6.24. The van der Waals surface area contributed by atoms with Gasteiger partial charge in [-0.25, -0.2) is 4.79 Å². The van der Waals surface area contributed by atoms with Crippen molar-refractivity contribution in [3.8, 4) is 0 Å². The van der Waals surface area contributed by atoms with Crippen LogP contribution in [0, 0.1) is 0 Å². The molecule has 1 saturated carbocycles. The quantitative estimate of drug-likeness (QED) is 0.829. The highest BCUT2D eigenvalue weighted by molar-refractivity contribution is 5.68. The van der Waals surface area contributed by atoms with Gasteiger partial charge < -0.3 is 14.8 Å². The number of nitrogens with one attached hydrogen (secondary N) is 1. The Morgan fingerprint density at radius 1 is 1.24 bits per heavy atom. The number of carbonyl (C=O) groups is 1. The Morgan fingerprint density at radius 2 is 1.82 bits per heavy atom. The summed E-state index contributed by atoms with van der Waals surface area (Å²) in [6, 6.07) is 0.238. The van der Waals surface area contributed by atoms with E-state index >= 15 is 0 Å². The van der Waals surface area contributed by atoms with Crippen LogP contribution < -0.4 is 5.32 Å². The predicted octanol–water partition coefficient (Wildman–Crippen LogP) is 2.86. The van der Waals surface area contributed by atoms with Crippen LogP contribution in [-0.2, 0) is 9.47 Å². The van der Waals surface area contributed by atoms with Gasteiger partial charge in [-0.1, -0.05) is 0 Å². The van der Waals surface area contributed by atoms with Crippen LogP contribution in [0.25, 0.3) is 0 Å². The van der Waals surface area contributed by atoms with Crippen LogP contribution in [0.3, 0.4) is 0 Å². The zero-order valence-electron chi connectivity index (χ0n) is 11.4. The Bertz CT molecular complexity index is 240. The topological polar surface area (TPSA) is 47.6 Å². The second-order valence-corrected chi connectivity index (χ2v) is 5.58. The molecule has 0 atom stereocenters. The predicted molar refractivity (Wildman–Crippen MR) is 67.0 cm³/mol. The van der Waals surface area contributed by atoms with Gasteiger partial charge in [0.1, 0.15) is 5.60 Å². The van der Waals surface area contributed by atoms with Gasteiger partial charge in [0, 0.05) is 12.6 Å². The van der Waals surface area contributed by atoms with Crippen LogP contribution in [0.4, 0.5) is 4.79 Å². The zero-order valence-corrected chi connectivity index (χ0v) is 11.4. The Labute approximate surface area is 104 Å². The lowest BCUT2D eigenvalue weighted by Crippen LogP contribution is -2.41. The van der Waals surface area contributed by atoms with Gasteiger partial charge in [-0.05, 0) is 53.4 Å². The first-order chi connectivity index (χ1) is 7.90. The third-order valence-electron chi connectivity index (χ3n) is 2.80. The summed E-state index contributed by atoms with van der Waals surface area (Å²) in [6.45, 7) is 8.41. The first-order valence-electron chi connectivity index (χ1n) is 6.52. The van der Waals surface area contributed by atoms with E-state index in [0.29, 0.717) is 6.10 Å². The summed E-state index contributed by atoms with van der Waals surface area (Å²) < 4.78 is 10.8.